The van der Waals surface area contributed by atoms with Gasteiger partial charge in [0.15, 0.2) is 5.96 Å². The Hall–Kier alpha value is -0.610. The number of guanidine groups is 1. The van der Waals surface area contributed by atoms with Gasteiger partial charge < -0.3 is 20.5 Å². The summed E-state index contributed by atoms with van der Waals surface area (Å²) in [4.78, 5) is 7.24. The normalized spacial score (nSPS) is 17.1. The van der Waals surface area contributed by atoms with Crippen LogP contribution in [0.4, 0.5) is 0 Å². The van der Waals surface area contributed by atoms with Gasteiger partial charge in [-0.25, -0.2) is 0 Å². The Labute approximate surface area is 203 Å². The molecular formula is C22H38ClIN4O2. The molecule has 0 amide bonds. The van der Waals surface area contributed by atoms with Gasteiger partial charge in [-0.2, -0.15) is 0 Å². The maximum Gasteiger partial charge on any atom is 0.191 e. The van der Waals surface area contributed by atoms with Gasteiger partial charge in [-0.05, 0) is 43.4 Å². The Morgan fingerprint density at radius 1 is 1.23 bits per heavy atom. The number of hydrogen-bond acceptors (Lipinski definition) is 4. The highest BCUT2D eigenvalue weighted by atomic mass is 127. The number of benzene rings is 1. The minimum absolute atomic E-state index is 0. The smallest absolute Gasteiger partial charge is 0.191 e. The SMILES string of the molecule is CCCC(CCO)CN=C(NCC)NCC(c1cccc(Cl)c1)N1CCOCC1.I. The minimum atomic E-state index is 0. The van der Waals surface area contributed by atoms with Gasteiger partial charge in [-0.15, -0.1) is 24.0 Å². The molecule has 2 rings (SSSR count). The Kier molecular flexibility index (Phi) is 14.7. The summed E-state index contributed by atoms with van der Waals surface area (Å²) in [5, 5.41) is 16.9. The monoisotopic (exact) mass is 552 g/mol. The molecule has 0 radical (unpaired) electrons. The predicted octanol–water partition coefficient (Wildman–Crippen LogP) is 3.69. The van der Waals surface area contributed by atoms with Crippen LogP contribution in [0.1, 0.15) is 44.7 Å². The van der Waals surface area contributed by atoms with Crippen LogP contribution in [0.3, 0.4) is 0 Å². The van der Waals surface area contributed by atoms with Crippen molar-refractivity contribution in [3.8, 4) is 0 Å². The number of aliphatic hydroxyl groups excluding tert-OH is 1. The van der Waals surface area contributed by atoms with Crippen molar-refractivity contribution >= 4 is 41.5 Å². The molecule has 172 valence electrons. The van der Waals surface area contributed by atoms with Crippen molar-refractivity contribution < 1.29 is 9.84 Å². The van der Waals surface area contributed by atoms with Crippen LogP contribution in [0.15, 0.2) is 29.3 Å². The summed E-state index contributed by atoms with van der Waals surface area (Å²) in [6.45, 7) is 10.1. The Morgan fingerprint density at radius 2 is 2.00 bits per heavy atom. The molecule has 6 nitrogen and oxygen atoms in total. The van der Waals surface area contributed by atoms with Crippen molar-refractivity contribution in [2.75, 3.05) is 52.5 Å². The van der Waals surface area contributed by atoms with E-state index < -0.39 is 0 Å². The molecule has 8 heteroatoms. The van der Waals surface area contributed by atoms with E-state index in [9.17, 15) is 5.11 Å². The van der Waals surface area contributed by atoms with E-state index in [-0.39, 0.29) is 36.6 Å². The van der Waals surface area contributed by atoms with Crippen molar-refractivity contribution in [1.82, 2.24) is 15.5 Å². The zero-order chi connectivity index (χ0) is 20.9. The van der Waals surface area contributed by atoms with Gasteiger partial charge in [0.25, 0.3) is 0 Å². The first-order valence-electron chi connectivity index (χ1n) is 10.9. The number of nitrogens with zero attached hydrogens (tertiary/aromatic N) is 2. The number of hydrogen-bond donors (Lipinski definition) is 3. The van der Waals surface area contributed by atoms with Crippen molar-refractivity contribution in [3.63, 3.8) is 0 Å². The number of aliphatic imine (C=N–C) groups is 1. The molecule has 2 atom stereocenters. The van der Waals surface area contributed by atoms with E-state index in [0.717, 1.165) is 76.2 Å². The predicted molar refractivity (Wildman–Crippen MR) is 136 cm³/mol. The largest absolute Gasteiger partial charge is 0.396 e. The summed E-state index contributed by atoms with van der Waals surface area (Å²) >= 11 is 6.26. The molecule has 1 aromatic carbocycles. The van der Waals surface area contributed by atoms with Gasteiger partial charge in [-0.1, -0.05) is 37.1 Å². The van der Waals surface area contributed by atoms with E-state index in [1.165, 1.54) is 5.56 Å². The lowest BCUT2D eigenvalue weighted by Gasteiger charge is -2.35. The third kappa shape index (κ3) is 9.68. The van der Waals surface area contributed by atoms with Gasteiger partial charge in [0, 0.05) is 44.4 Å². The Bertz CT molecular complexity index is 609. The lowest BCUT2D eigenvalue weighted by molar-refractivity contribution is 0.0170. The molecule has 1 fully saturated rings. The van der Waals surface area contributed by atoms with Crippen LogP contribution in [0, 0.1) is 5.92 Å². The van der Waals surface area contributed by atoms with Crippen LogP contribution in [0.25, 0.3) is 0 Å². The first-order valence-corrected chi connectivity index (χ1v) is 11.3. The van der Waals surface area contributed by atoms with E-state index in [1.54, 1.807) is 0 Å². The first kappa shape index (κ1) is 27.4. The second kappa shape index (κ2) is 16.1. The van der Waals surface area contributed by atoms with Gasteiger partial charge in [0.05, 0.1) is 19.3 Å². The quantitative estimate of drug-likeness (QED) is 0.222. The highest BCUT2D eigenvalue weighted by Crippen LogP contribution is 2.24. The van der Waals surface area contributed by atoms with E-state index in [0.29, 0.717) is 5.92 Å². The molecule has 0 aliphatic carbocycles. The molecule has 30 heavy (non-hydrogen) atoms. The molecule has 1 aromatic rings. The molecule has 2 unspecified atom stereocenters. The second-order valence-corrected chi connectivity index (χ2v) is 7.92. The molecule has 1 aliphatic rings. The van der Waals surface area contributed by atoms with Crippen LogP contribution >= 0.6 is 35.6 Å². The van der Waals surface area contributed by atoms with E-state index in [2.05, 4.69) is 35.4 Å². The molecule has 1 heterocycles. The Balaban J connectivity index is 0.00000450. The van der Waals surface area contributed by atoms with E-state index in [4.69, 9.17) is 21.3 Å². The van der Waals surface area contributed by atoms with Crippen LogP contribution in [0.5, 0.6) is 0 Å². The summed E-state index contributed by atoms with van der Waals surface area (Å²) in [5.41, 5.74) is 1.20. The lowest BCUT2D eigenvalue weighted by atomic mass is 10.0. The highest BCUT2D eigenvalue weighted by Gasteiger charge is 2.23. The molecule has 3 N–H and O–H groups in total. The topological polar surface area (TPSA) is 69.1 Å². The zero-order valence-corrected chi connectivity index (χ0v) is 21.4. The van der Waals surface area contributed by atoms with E-state index >= 15 is 0 Å². The van der Waals surface area contributed by atoms with Gasteiger partial charge in [0.2, 0.25) is 0 Å². The number of rotatable bonds is 11. The Morgan fingerprint density at radius 3 is 2.63 bits per heavy atom. The molecular weight excluding hydrogens is 515 g/mol. The molecule has 0 spiro atoms. The number of halogens is 2. The number of ether oxygens (including phenoxy) is 1. The van der Waals surface area contributed by atoms with Gasteiger partial charge >= 0.3 is 0 Å². The third-order valence-electron chi connectivity index (χ3n) is 5.27. The molecule has 1 aliphatic heterocycles. The maximum atomic E-state index is 9.29. The van der Waals surface area contributed by atoms with Crippen LogP contribution in [-0.4, -0.2) is 68.5 Å². The minimum Gasteiger partial charge on any atom is -0.396 e. The lowest BCUT2D eigenvalue weighted by Crippen LogP contribution is -2.46. The van der Waals surface area contributed by atoms with Crippen molar-refractivity contribution in [2.45, 2.75) is 39.2 Å². The average molecular weight is 553 g/mol. The van der Waals surface area contributed by atoms with Crippen molar-refractivity contribution in [3.05, 3.63) is 34.9 Å². The number of nitrogens with one attached hydrogen (secondary N) is 2. The van der Waals surface area contributed by atoms with Gasteiger partial charge in [0.1, 0.15) is 0 Å². The standard InChI is InChI=1S/C22H37ClN4O2.HI/c1-3-6-18(9-12-28)16-25-22(24-4-2)26-17-21(27-10-13-29-14-11-27)19-7-5-8-20(23)15-19;/h5,7-8,15,18,21,28H,3-4,6,9-14,16-17H2,1-2H3,(H2,24,25,26);1H. The summed E-state index contributed by atoms with van der Waals surface area (Å²) < 4.78 is 5.54. The van der Waals surface area contributed by atoms with Crippen LogP contribution in [-0.2, 0) is 4.74 Å². The summed E-state index contributed by atoms with van der Waals surface area (Å²) in [7, 11) is 0. The van der Waals surface area contributed by atoms with Gasteiger partial charge in [-0.3, -0.25) is 9.89 Å². The summed E-state index contributed by atoms with van der Waals surface area (Å²) in [5.74, 6) is 1.25. The van der Waals surface area contributed by atoms with Crippen LogP contribution < -0.4 is 10.6 Å². The average Bonchev–Trinajstić information content (AvgIpc) is 2.73. The molecule has 0 bridgehead atoms. The molecule has 0 aromatic heterocycles. The highest BCUT2D eigenvalue weighted by molar-refractivity contribution is 14.0. The zero-order valence-electron chi connectivity index (χ0n) is 18.3. The first-order chi connectivity index (χ1) is 14.2. The third-order valence-corrected chi connectivity index (χ3v) is 5.50. The number of aliphatic hydroxyl groups is 1. The fourth-order valence-corrected chi connectivity index (χ4v) is 3.93. The number of morpholine rings is 1. The van der Waals surface area contributed by atoms with E-state index in [1.807, 2.05) is 18.2 Å². The summed E-state index contributed by atoms with van der Waals surface area (Å²) in [6, 6.07) is 8.30. The fourth-order valence-electron chi connectivity index (χ4n) is 3.73. The second-order valence-electron chi connectivity index (χ2n) is 7.49. The van der Waals surface area contributed by atoms with Crippen molar-refractivity contribution in [1.29, 1.82) is 0 Å². The molecule has 0 saturated carbocycles. The maximum absolute atomic E-state index is 9.29. The van der Waals surface area contributed by atoms with Crippen molar-refractivity contribution in [2.24, 2.45) is 10.9 Å². The summed E-state index contributed by atoms with van der Waals surface area (Å²) in [6.07, 6.45) is 3.00. The van der Waals surface area contributed by atoms with Crippen LogP contribution in [0.2, 0.25) is 5.02 Å². The fraction of sp³-hybridized carbons (Fsp3) is 0.682. The molecule has 1 saturated heterocycles.